The minimum atomic E-state index is -2.11. The fourth-order valence-corrected chi connectivity index (χ4v) is 6.12. The zero-order valence-electron chi connectivity index (χ0n) is 9.04. The fraction of sp³-hybridized carbons (Fsp3) is 1.00. The summed E-state index contributed by atoms with van der Waals surface area (Å²) in [5, 5.41) is 0. The number of hydrogen-bond donors (Lipinski definition) is 0. The van der Waals surface area contributed by atoms with Gasteiger partial charge in [0.05, 0.1) is 0 Å². The molecule has 84 valence electrons. The van der Waals surface area contributed by atoms with Gasteiger partial charge in [-0.05, 0) is 30.6 Å². The Bertz CT molecular complexity index is 236. The van der Waals surface area contributed by atoms with Gasteiger partial charge in [-0.25, -0.2) is 0 Å². The molecule has 0 N–H and O–H groups in total. The van der Waals surface area contributed by atoms with Crippen LogP contribution in [-0.2, 0) is 11.8 Å². The van der Waals surface area contributed by atoms with Gasteiger partial charge in [-0.15, -0.1) is 0 Å². The monoisotopic (exact) mass is 272 g/mol. The minimum Gasteiger partial charge on any atom is -0.0680 e. The summed E-state index contributed by atoms with van der Waals surface area (Å²) < 4.78 is -2.11. The first-order valence-electron chi connectivity index (χ1n) is 5.31. The molecule has 0 saturated heterocycles. The van der Waals surface area contributed by atoms with E-state index in [2.05, 4.69) is 20.8 Å². The molecule has 0 radical (unpaired) electrons. The van der Waals surface area contributed by atoms with Gasteiger partial charge >= 0.3 is 0 Å². The van der Waals surface area contributed by atoms with Gasteiger partial charge in [-0.1, -0.05) is 61.5 Å². The molecule has 4 heteroatoms. The van der Waals surface area contributed by atoms with Crippen LogP contribution in [0.2, 0.25) is 0 Å². The third kappa shape index (κ3) is 3.37. The van der Waals surface area contributed by atoms with Crippen LogP contribution in [0.4, 0.5) is 0 Å². The van der Waals surface area contributed by atoms with E-state index in [-0.39, 0.29) is 0 Å². The van der Waals surface area contributed by atoms with Gasteiger partial charge in [-0.2, -0.15) is 0 Å². The summed E-state index contributed by atoms with van der Waals surface area (Å²) in [6.07, 6.45) is 3.69. The predicted octanol–water partition coefficient (Wildman–Crippen LogP) is 5.23. The van der Waals surface area contributed by atoms with Gasteiger partial charge in [-0.3, -0.25) is 0 Å². The molecular weight excluding hydrogens is 254 g/mol. The summed E-state index contributed by atoms with van der Waals surface area (Å²) in [7, 11) is 0. The van der Waals surface area contributed by atoms with E-state index in [1.807, 2.05) is 0 Å². The molecule has 0 bridgehead atoms. The lowest BCUT2D eigenvalue weighted by molar-refractivity contribution is 0.242. The van der Waals surface area contributed by atoms with E-state index in [1.54, 1.807) is 0 Å². The summed E-state index contributed by atoms with van der Waals surface area (Å²) in [6, 6.07) is 0. The molecule has 3 unspecified atom stereocenters. The minimum absolute atomic E-state index is 0.393. The first-order valence-corrected chi connectivity index (χ1v) is 9.99. The van der Waals surface area contributed by atoms with Gasteiger partial charge in [0.15, 0.2) is 0 Å². The molecule has 3 atom stereocenters. The van der Waals surface area contributed by atoms with E-state index >= 15 is 0 Å². The van der Waals surface area contributed by atoms with Crippen molar-refractivity contribution in [3.63, 3.8) is 0 Å². The summed E-state index contributed by atoms with van der Waals surface area (Å²) >= 11 is 17.7. The standard InChI is InChI=1S/C10H19Cl2PS/c1-7(2)9-5-4-8(3)6-10(9)13(11,12)14/h7-10H,4-6H2,1-3H3. The number of halogens is 2. The van der Waals surface area contributed by atoms with Crippen molar-refractivity contribution in [2.24, 2.45) is 17.8 Å². The van der Waals surface area contributed by atoms with Crippen LogP contribution in [0.1, 0.15) is 40.0 Å². The van der Waals surface area contributed by atoms with Crippen molar-refractivity contribution in [1.82, 2.24) is 0 Å². The first-order chi connectivity index (χ1) is 6.32. The van der Waals surface area contributed by atoms with Crippen LogP contribution >= 0.6 is 27.2 Å². The molecule has 1 aliphatic rings. The molecule has 1 fully saturated rings. The maximum absolute atomic E-state index is 6.21. The van der Waals surface area contributed by atoms with Crippen LogP contribution in [0.25, 0.3) is 0 Å². The maximum Gasteiger partial charge on any atom is 0.123 e. The first kappa shape index (κ1) is 13.3. The van der Waals surface area contributed by atoms with Gasteiger partial charge < -0.3 is 0 Å². The molecule has 1 saturated carbocycles. The van der Waals surface area contributed by atoms with E-state index in [9.17, 15) is 0 Å². The Morgan fingerprint density at radius 1 is 1.29 bits per heavy atom. The highest BCUT2D eigenvalue weighted by atomic mass is 35.9. The van der Waals surface area contributed by atoms with E-state index in [4.69, 9.17) is 34.3 Å². The molecular formula is C10H19Cl2PS. The highest BCUT2D eigenvalue weighted by molar-refractivity contribution is 8.39. The normalized spacial score (nSPS) is 34.9. The maximum atomic E-state index is 6.21. The second-order valence-corrected chi connectivity index (χ2v) is 13.2. The van der Waals surface area contributed by atoms with Crippen molar-refractivity contribution in [1.29, 1.82) is 0 Å². The Hall–Kier alpha value is 1.23. The van der Waals surface area contributed by atoms with Crippen molar-refractivity contribution in [2.75, 3.05) is 0 Å². The molecule has 14 heavy (non-hydrogen) atoms. The lowest BCUT2D eigenvalue weighted by Gasteiger charge is -2.39. The van der Waals surface area contributed by atoms with Gasteiger partial charge in [0.1, 0.15) is 4.74 Å². The molecule has 0 aromatic rings. The van der Waals surface area contributed by atoms with Crippen LogP contribution in [0.15, 0.2) is 0 Å². The number of hydrogen-bond acceptors (Lipinski definition) is 1. The third-order valence-corrected chi connectivity index (χ3v) is 7.06. The molecule has 0 aromatic carbocycles. The fourth-order valence-electron chi connectivity index (χ4n) is 2.50. The molecule has 0 nitrogen and oxygen atoms in total. The second kappa shape index (κ2) is 5.04. The Labute approximate surface area is 102 Å². The smallest absolute Gasteiger partial charge is 0.0680 e. The molecule has 0 aromatic heterocycles. The SMILES string of the molecule is CC1CCC(C(C)C)C(P(=S)(Cl)Cl)C1. The molecule has 0 spiro atoms. The summed E-state index contributed by atoms with van der Waals surface area (Å²) in [5.41, 5.74) is 0.393. The van der Waals surface area contributed by atoms with Crippen molar-refractivity contribution in [2.45, 2.75) is 45.7 Å². The average molecular weight is 273 g/mol. The topological polar surface area (TPSA) is 0 Å². The van der Waals surface area contributed by atoms with Crippen molar-refractivity contribution in [3.8, 4) is 0 Å². The van der Waals surface area contributed by atoms with Gasteiger partial charge in [0.2, 0.25) is 0 Å². The quantitative estimate of drug-likeness (QED) is 0.620. The number of rotatable bonds is 2. The summed E-state index contributed by atoms with van der Waals surface area (Å²) in [6.45, 7) is 6.79. The molecule has 0 aliphatic heterocycles. The summed E-state index contributed by atoms with van der Waals surface area (Å²) in [4.78, 5) is 0. The molecule has 1 aliphatic carbocycles. The Balaban J connectivity index is 2.79. The highest BCUT2D eigenvalue weighted by Gasteiger charge is 2.37. The van der Waals surface area contributed by atoms with Crippen LogP contribution in [-0.4, -0.2) is 5.66 Å². The van der Waals surface area contributed by atoms with Crippen LogP contribution in [0, 0.1) is 17.8 Å². The van der Waals surface area contributed by atoms with Crippen LogP contribution in [0.5, 0.6) is 0 Å². The van der Waals surface area contributed by atoms with Crippen LogP contribution < -0.4 is 0 Å². The van der Waals surface area contributed by atoms with E-state index < -0.39 is 4.74 Å². The largest absolute Gasteiger partial charge is 0.123 e. The van der Waals surface area contributed by atoms with Crippen molar-refractivity contribution >= 4 is 39.0 Å². The summed E-state index contributed by atoms with van der Waals surface area (Å²) in [5.74, 6) is 2.05. The third-order valence-electron chi connectivity index (χ3n) is 3.37. The van der Waals surface area contributed by atoms with E-state index in [1.165, 1.54) is 12.8 Å². The predicted molar refractivity (Wildman–Crippen MR) is 71.1 cm³/mol. The zero-order valence-corrected chi connectivity index (χ0v) is 12.3. The average Bonchev–Trinajstić information content (AvgIpc) is 2.01. The Morgan fingerprint density at radius 2 is 1.86 bits per heavy atom. The van der Waals surface area contributed by atoms with Gasteiger partial charge in [0.25, 0.3) is 0 Å². The second-order valence-electron chi connectivity index (χ2n) is 4.90. The molecule has 0 amide bonds. The molecule has 1 rings (SSSR count). The van der Waals surface area contributed by atoms with Crippen molar-refractivity contribution in [3.05, 3.63) is 0 Å². The lowest BCUT2D eigenvalue weighted by Crippen LogP contribution is -2.30. The Morgan fingerprint density at radius 3 is 2.29 bits per heavy atom. The van der Waals surface area contributed by atoms with Gasteiger partial charge in [0, 0.05) is 5.66 Å². The molecule has 0 heterocycles. The lowest BCUT2D eigenvalue weighted by atomic mass is 9.77. The van der Waals surface area contributed by atoms with Crippen molar-refractivity contribution < 1.29 is 0 Å². The zero-order chi connectivity index (χ0) is 10.9. The van der Waals surface area contributed by atoms with Crippen LogP contribution in [0.3, 0.4) is 0 Å². The van der Waals surface area contributed by atoms with E-state index in [0.29, 0.717) is 17.5 Å². The highest BCUT2D eigenvalue weighted by Crippen LogP contribution is 2.67. The van der Waals surface area contributed by atoms with E-state index in [0.717, 1.165) is 12.3 Å². The Kier molecular flexibility index (Phi) is 4.79.